The summed E-state index contributed by atoms with van der Waals surface area (Å²) in [6.45, 7) is 6.50. The zero-order valence-corrected chi connectivity index (χ0v) is 43.4. The van der Waals surface area contributed by atoms with Crippen LogP contribution >= 0.6 is 0 Å². The molecule has 0 fully saturated rings. The van der Waals surface area contributed by atoms with Crippen LogP contribution in [0.1, 0.15) is 323 Å². The Bertz CT molecular complexity index is 970. The molecular formula is C58H113NO5. The molecule has 3 atom stereocenters. The number of unbranched alkanes of at least 4 members (excludes halogenated alkanes) is 39. The number of nitrogens with one attached hydrogen (secondary N) is 1. The van der Waals surface area contributed by atoms with Crippen molar-refractivity contribution in [3.05, 3.63) is 12.2 Å². The molecule has 6 nitrogen and oxygen atoms in total. The van der Waals surface area contributed by atoms with Crippen LogP contribution < -0.4 is 5.32 Å². The molecule has 0 heterocycles. The molecule has 0 aromatic heterocycles. The van der Waals surface area contributed by atoms with E-state index in [0.717, 1.165) is 64.2 Å². The van der Waals surface area contributed by atoms with E-state index in [2.05, 4.69) is 38.2 Å². The predicted octanol–water partition coefficient (Wildman–Crippen LogP) is 17.7. The Morgan fingerprint density at radius 2 is 0.750 bits per heavy atom. The number of allylic oxidation sites excluding steroid dienone is 2. The third-order valence-corrected chi connectivity index (χ3v) is 13.6. The van der Waals surface area contributed by atoms with Gasteiger partial charge in [0.2, 0.25) is 5.91 Å². The molecule has 6 heteroatoms. The minimum atomic E-state index is -0.786. The summed E-state index contributed by atoms with van der Waals surface area (Å²) in [6.07, 6.45) is 60.0. The van der Waals surface area contributed by atoms with Gasteiger partial charge in [0.05, 0.1) is 25.2 Å². The molecule has 0 aromatic rings. The van der Waals surface area contributed by atoms with Gasteiger partial charge in [0, 0.05) is 6.42 Å². The first-order valence-electron chi connectivity index (χ1n) is 28.9. The molecule has 0 rings (SSSR count). The molecule has 0 aliphatic carbocycles. The van der Waals surface area contributed by atoms with Crippen LogP contribution in [-0.2, 0) is 14.3 Å². The van der Waals surface area contributed by atoms with Crippen LogP contribution in [0, 0.1) is 0 Å². The van der Waals surface area contributed by atoms with E-state index in [1.165, 1.54) is 212 Å². The van der Waals surface area contributed by atoms with Crippen LogP contribution in [0.2, 0.25) is 0 Å². The Balaban J connectivity index is 4.37. The van der Waals surface area contributed by atoms with Gasteiger partial charge in [-0.1, -0.05) is 270 Å². The van der Waals surface area contributed by atoms with Crippen LogP contribution in [0.15, 0.2) is 12.2 Å². The highest BCUT2D eigenvalue weighted by molar-refractivity contribution is 5.77. The second kappa shape index (κ2) is 52.6. The molecule has 380 valence electrons. The van der Waals surface area contributed by atoms with Gasteiger partial charge in [0.15, 0.2) is 0 Å². The molecule has 0 saturated heterocycles. The SMILES string of the molecule is CCCCC/C=C\CCCCCC(CC(=O)NC(CO)C(O)CCCCCCCCCCCCCCCCCC)OC(=O)CCCCCCCCCCCCCCCCCCCCC. The van der Waals surface area contributed by atoms with E-state index in [1.54, 1.807) is 0 Å². The van der Waals surface area contributed by atoms with Crippen molar-refractivity contribution in [2.45, 2.75) is 341 Å². The van der Waals surface area contributed by atoms with Crippen LogP contribution in [0.25, 0.3) is 0 Å². The molecule has 0 radical (unpaired) electrons. The van der Waals surface area contributed by atoms with Gasteiger partial charge in [-0.15, -0.1) is 0 Å². The van der Waals surface area contributed by atoms with Crippen molar-refractivity contribution in [2.75, 3.05) is 6.61 Å². The van der Waals surface area contributed by atoms with Gasteiger partial charge in [-0.3, -0.25) is 9.59 Å². The highest BCUT2D eigenvalue weighted by Gasteiger charge is 2.24. The molecule has 0 spiro atoms. The summed E-state index contributed by atoms with van der Waals surface area (Å²) >= 11 is 0. The third-order valence-electron chi connectivity index (χ3n) is 13.6. The van der Waals surface area contributed by atoms with E-state index in [-0.39, 0.29) is 24.9 Å². The normalized spacial score (nSPS) is 13.1. The van der Waals surface area contributed by atoms with Gasteiger partial charge in [-0.25, -0.2) is 0 Å². The van der Waals surface area contributed by atoms with Crippen molar-refractivity contribution < 1.29 is 24.5 Å². The average molecular weight is 905 g/mol. The first kappa shape index (κ1) is 62.6. The number of carbonyl (C=O) groups is 2. The molecule has 3 unspecified atom stereocenters. The lowest BCUT2D eigenvalue weighted by atomic mass is 10.0. The lowest BCUT2D eigenvalue weighted by molar-refractivity contribution is -0.151. The van der Waals surface area contributed by atoms with Crippen molar-refractivity contribution in [1.82, 2.24) is 5.32 Å². The maximum absolute atomic E-state index is 13.2. The summed E-state index contributed by atoms with van der Waals surface area (Å²) in [7, 11) is 0. The summed E-state index contributed by atoms with van der Waals surface area (Å²) in [6, 6.07) is -0.700. The number of carbonyl (C=O) groups excluding carboxylic acids is 2. The van der Waals surface area contributed by atoms with E-state index in [4.69, 9.17) is 4.74 Å². The van der Waals surface area contributed by atoms with Gasteiger partial charge >= 0.3 is 5.97 Å². The summed E-state index contributed by atoms with van der Waals surface area (Å²) in [5, 5.41) is 23.8. The molecule has 0 saturated carbocycles. The Kier molecular flexibility index (Phi) is 51.4. The molecule has 1 amide bonds. The fraction of sp³-hybridized carbons (Fsp3) is 0.931. The summed E-state index contributed by atoms with van der Waals surface area (Å²) in [5.41, 5.74) is 0. The lowest BCUT2D eigenvalue weighted by Crippen LogP contribution is -2.46. The maximum Gasteiger partial charge on any atom is 0.306 e. The quantitative estimate of drug-likeness (QED) is 0.0321. The zero-order chi connectivity index (χ0) is 46.7. The van der Waals surface area contributed by atoms with Crippen LogP contribution in [0.4, 0.5) is 0 Å². The number of esters is 1. The molecule has 0 aliphatic heterocycles. The highest BCUT2D eigenvalue weighted by atomic mass is 16.5. The van der Waals surface area contributed by atoms with Gasteiger partial charge in [-0.2, -0.15) is 0 Å². The molecule has 64 heavy (non-hydrogen) atoms. The van der Waals surface area contributed by atoms with Crippen molar-refractivity contribution in [3.8, 4) is 0 Å². The number of aliphatic hydroxyl groups excluding tert-OH is 2. The third kappa shape index (κ3) is 47.1. The van der Waals surface area contributed by atoms with Gasteiger partial charge in [0.25, 0.3) is 0 Å². The van der Waals surface area contributed by atoms with E-state index < -0.39 is 18.2 Å². The smallest absolute Gasteiger partial charge is 0.306 e. The van der Waals surface area contributed by atoms with Crippen molar-refractivity contribution >= 4 is 11.9 Å². The van der Waals surface area contributed by atoms with E-state index in [0.29, 0.717) is 19.3 Å². The number of ether oxygens (including phenoxy) is 1. The van der Waals surface area contributed by atoms with Gasteiger partial charge < -0.3 is 20.3 Å². The Labute approximate surface area is 399 Å². The van der Waals surface area contributed by atoms with Crippen molar-refractivity contribution in [1.29, 1.82) is 0 Å². The predicted molar refractivity (Wildman–Crippen MR) is 278 cm³/mol. The second-order valence-electron chi connectivity index (χ2n) is 20.1. The van der Waals surface area contributed by atoms with Crippen molar-refractivity contribution in [3.63, 3.8) is 0 Å². The summed E-state index contributed by atoms with van der Waals surface area (Å²) < 4.78 is 5.94. The monoisotopic (exact) mass is 904 g/mol. The number of rotatable bonds is 53. The van der Waals surface area contributed by atoms with Crippen LogP contribution in [0.5, 0.6) is 0 Å². The number of hydrogen-bond acceptors (Lipinski definition) is 5. The number of aliphatic hydroxyl groups is 2. The zero-order valence-electron chi connectivity index (χ0n) is 43.4. The second-order valence-corrected chi connectivity index (χ2v) is 20.1. The fourth-order valence-electron chi connectivity index (χ4n) is 9.19. The Morgan fingerprint density at radius 3 is 1.14 bits per heavy atom. The summed E-state index contributed by atoms with van der Waals surface area (Å²) in [5.74, 6) is -0.469. The maximum atomic E-state index is 13.2. The minimum Gasteiger partial charge on any atom is -0.462 e. The minimum absolute atomic E-state index is 0.0739. The van der Waals surface area contributed by atoms with E-state index in [1.807, 2.05) is 0 Å². The topological polar surface area (TPSA) is 95.9 Å². The first-order valence-corrected chi connectivity index (χ1v) is 28.9. The first-order chi connectivity index (χ1) is 31.5. The van der Waals surface area contributed by atoms with E-state index >= 15 is 0 Å². The molecule has 0 aromatic carbocycles. The molecule has 0 bridgehead atoms. The molecular weight excluding hydrogens is 791 g/mol. The average Bonchev–Trinajstić information content (AvgIpc) is 3.29. The Hall–Kier alpha value is -1.40. The summed E-state index contributed by atoms with van der Waals surface area (Å²) in [4.78, 5) is 26.2. The van der Waals surface area contributed by atoms with Crippen LogP contribution in [-0.4, -0.2) is 46.9 Å². The molecule has 0 aliphatic rings. The van der Waals surface area contributed by atoms with Crippen molar-refractivity contribution in [2.24, 2.45) is 0 Å². The van der Waals surface area contributed by atoms with E-state index in [9.17, 15) is 19.8 Å². The van der Waals surface area contributed by atoms with Gasteiger partial charge in [-0.05, 0) is 51.4 Å². The highest BCUT2D eigenvalue weighted by Crippen LogP contribution is 2.19. The Morgan fingerprint density at radius 1 is 0.438 bits per heavy atom. The van der Waals surface area contributed by atoms with Gasteiger partial charge in [0.1, 0.15) is 6.10 Å². The largest absolute Gasteiger partial charge is 0.462 e. The van der Waals surface area contributed by atoms with Crippen LogP contribution in [0.3, 0.4) is 0 Å². The fourth-order valence-corrected chi connectivity index (χ4v) is 9.19. The number of hydrogen-bond donors (Lipinski definition) is 3. The number of amides is 1. The standard InChI is InChI=1S/C58H113NO5/c1-4-7-10-13-16-19-22-24-26-28-29-30-32-34-36-39-42-45-48-51-58(63)64-54(49-46-43-40-37-21-18-15-12-9-6-3)52-57(62)59-55(53-60)56(61)50-47-44-41-38-35-33-31-27-25-23-20-17-14-11-8-5-2/h18,21,54-56,60-61H,4-17,19-20,22-53H2,1-3H3,(H,59,62)/b21-18-. The lowest BCUT2D eigenvalue weighted by Gasteiger charge is -2.24. The molecule has 3 N–H and O–H groups in total.